The zero-order chi connectivity index (χ0) is 30.4. The van der Waals surface area contributed by atoms with Crippen LogP contribution in [0.3, 0.4) is 0 Å². The number of phosphoric acid groups is 2. The molecule has 9 N–H and O–H groups in total. The number of hydrogen-bond acceptors (Lipinski definition) is 16. The number of fused-ring (bicyclic) bond motifs is 1. The average molecular weight is 636 g/mol. The van der Waals surface area contributed by atoms with Gasteiger partial charge in [0.2, 0.25) is 0 Å². The lowest BCUT2D eigenvalue weighted by atomic mass is 10.1. The minimum Gasteiger partial charge on any atom is -0.387 e. The monoisotopic (exact) mass is 636 g/mol. The first-order valence-corrected chi connectivity index (χ1v) is 15.1. The molecule has 0 spiro atoms. The van der Waals surface area contributed by atoms with Crippen LogP contribution in [0.15, 0.2) is 29.7 Å². The van der Waals surface area contributed by atoms with Crippen LogP contribution < -0.4 is 17.2 Å². The number of rotatable bonds is 10. The van der Waals surface area contributed by atoms with Gasteiger partial charge in [-0.3, -0.25) is 22.7 Å². The molecular formula is C19H26N8O13P2. The highest BCUT2D eigenvalue weighted by Crippen LogP contribution is 2.49. The number of phosphoric ester groups is 2. The fourth-order valence-electron chi connectivity index (χ4n) is 4.47. The van der Waals surface area contributed by atoms with Crippen molar-refractivity contribution >= 4 is 38.4 Å². The molecule has 0 saturated carbocycles. The van der Waals surface area contributed by atoms with Gasteiger partial charge >= 0.3 is 21.3 Å². The number of nitrogens with two attached hydrogens (primary N) is 2. The van der Waals surface area contributed by atoms with Crippen LogP contribution in [0.5, 0.6) is 0 Å². The normalized spacial score (nSPS) is 29.7. The molecule has 2 fully saturated rings. The van der Waals surface area contributed by atoms with Gasteiger partial charge in [0.15, 0.2) is 17.7 Å². The van der Waals surface area contributed by atoms with Gasteiger partial charge in [-0.05, 0) is 6.07 Å². The highest BCUT2D eigenvalue weighted by atomic mass is 31.2. The molecule has 4 unspecified atom stereocenters. The maximum Gasteiger partial charge on any atom is 0.472 e. The van der Waals surface area contributed by atoms with E-state index in [-0.39, 0.29) is 29.2 Å². The van der Waals surface area contributed by atoms with Crippen molar-refractivity contribution in [3.8, 4) is 0 Å². The number of aliphatic hydroxyl groups excluding tert-OH is 2. The van der Waals surface area contributed by atoms with Crippen molar-refractivity contribution in [2.45, 2.75) is 49.4 Å². The summed E-state index contributed by atoms with van der Waals surface area (Å²) < 4.78 is 52.3. The predicted octanol–water partition coefficient (Wildman–Crippen LogP) is -2.23. The molecule has 2 aliphatic heterocycles. The fraction of sp³-hybridized carbons (Fsp3) is 0.526. The third-order valence-corrected chi connectivity index (χ3v) is 7.92. The van der Waals surface area contributed by atoms with Crippen molar-refractivity contribution in [1.82, 2.24) is 29.1 Å². The summed E-state index contributed by atoms with van der Waals surface area (Å²) in [6, 6.07) is 1.29. The van der Waals surface area contributed by atoms with Crippen molar-refractivity contribution in [3.05, 3.63) is 35.4 Å². The molecule has 23 heteroatoms. The van der Waals surface area contributed by atoms with Crippen LogP contribution in [0.2, 0.25) is 0 Å². The lowest BCUT2D eigenvalue weighted by molar-refractivity contribution is -0.0588. The average Bonchev–Trinajstić information content (AvgIpc) is 3.58. The first-order chi connectivity index (χ1) is 19.7. The van der Waals surface area contributed by atoms with Crippen LogP contribution in [0.25, 0.3) is 11.2 Å². The van der Waals surface area contributed by atoms with Gasteiger partial charge < -0.3 is 45.8 Å². The fourth-order valence-corrected chi connectivity index (χ4v) is 5.77. The minimum atomic E-state index is -4.99. The van der Waals surface area contributed by atoms with E-state index in [0.717, 1.165) is 4.57 Å². The molecule has 0 aliphatic carbocycles. The van der Waals surface area contributed by atoms with Crippen molar-refractivity contribution in [2.24, 2.45) is 0 Å². The summed E-state index contributed by atoms with van der Waals surface area (Å²) in [6.45, 7) is -1.53. The molecule has 5 heterocycles. The van der Waals surface area contributed by atoms with Crippen molar-refractivity contribution in [2.75, 3.05) is 24.7 Å². The van der Waals surface area contributed by atoms with E-state index in [1.807, 2.05) is 0 Å². The SMILES string of the molecule is Nc1ccn([C@H]2CC(OP(=O)(O)OC[C@H]3O[C@@H](n4cnc5c(N)ncnc54)C(O)C3O)[C@@H](COP(=O)(O)O)O2)c(=O)n1. The van der Waals surface area contributed by atoms with E-state index in [2.05, 4.69) is 24.5 Å². The number of ether oxygens (including phenoxy) is 2. The molecule has 230 valence electrons. The Morgan fingerprint density at radius 1 is 1.00 bits per heavy atom. The molecule has 0 bridgehead atoms. The summed E-state index contributed by atoms with van der Waals surface area (Å²) in [6.07, 6.45) is -6.12. The summed E-state index contributed by atoms with van der Waals surface area (Å²) in [4.78, 5) is 56.3. The zero-order valence-electron chi connectivity index (χ0n) is 21.2. The van der Waals surface area contributed by atoms with Gasteiger partial charge in [-0.25, -0.2) is 28.9 Å². The van der Waals surface area contributed by atoms with Crippen molar-refractivity contribution < 1.29 is 57.1 Å². The van der Waals surface area contributed by atoms with Gasteiger partial charge in [-0.2, -0.15) is 4.98 Å². The standard InChI is InChI=1S/C19H26N8O13P2/c20-11-1-2-26(19(30)25-11)12-3-8(9(38-12)4-36-41(31,32)33)40-42(34,35)37-5-10-14(28)15(29)18(39-10)27-7-24-13-16(21)22-6-23-17(13)27/h1-2,6-10,12,14-15,18,28-29H,3-5H2,(H,34,35)(H2,20,25,30)(H2,21,22,23)(H2,31,32,33)/t8?,9-,10-,12-,14?,15?,18-/m1/s1. The van der Waals surface area contributed by atoms with Crippen molar-refractivity contribution in [3.63, 3.8) is 0 Å². The number of anilines is 2. The van der Waals surface area contributed by atoms with Crippen molar-refractivity contribution in [1.29, 1.82) is 0 Å². The molecule has 3 aromatic rings. The molecule has 42 heavy (non-hydrogen) atoms. The summed E-state index contributed by atoms with van der Waals surface area (Å²) in [7, 11) is -9.96. The van der Waals surface area contributed by atoms with Gasteiger partial charge in [0.05, 0.1) is 19.5 Å². The third-order valence-electron chi connectivity index (χ3n) is 6.42. The summed E-state index contributed by atoms with van der Waals surface area (Å²) in [5, 5.41) is 21.1. The smallest absolute Gasteiger partial charge is 0.387 e. The Bertz CT molecular complexity index is 1600. The van der Waals surface area contributed by atoms with Gasteiger partial charge in [0.1, 0.15) is 54.4 Å². The molecule has 2 aliphatic rings. The summed E-state index contributed by atoms with van der Waals surface area (Å²) in [5.74, 6) is 0.00388. The second-order valence-corrected chi connectivity index (χ2v) is 11.9. The molecule has 3 aromatic heterocycles. The summed E-state index contributed by atoms with van der Waals surface area (Å²) >= 11 is 0. The van der Waals surface area contributed by atoms with Crippen LogP contribution in [0, 0.1) is 0 Å². The Morgan fingerprint density at radius 2 is 1.74 bits per heavy atom. The van der Waals surface area contributed by atoms with Crippen LogP contribution in [0.4, 0.5) is 11.6 Å². The first kappa shape index (κ1) is 30.5. The quantitative estimate of drug-likeness (QED) is 0.116. The van der Waals surface area contributed by atoms with E-state index in [4.69, 9.17) is 39.8 Å². The van der Waals surface area contributed by atoms with Gasteiger partial charge in [0, 0.05) is 12.6 Å². The highest BCUT2D eigenvalue weighted by Gasteiger charge is 2.47. The molecule has 0 aromatic carbocycles. The lowest BCUT2D eigenvalue weighted by Crippen LogP contribution is -2.34. The van der Waals surface area contributed by atoms with E-state index < -0.39 is 77.5 Å². The van der Waals surface area contributed by atoms with E-state index in [1.54, 1.807) is 0 Å². The summed E-state index contributed by atoms with van der Waals surface area (Å²) in [5.41, 5.74) is 10.9. The van der Waals surface area contributed by atoms with Crippen LogP contribution in [-0.4, -0.2) is 97.7 Å². The number of nitrogens with zero attached hydrogens (tertiary/aromatic N) is 6. The molecular weight excluding hydrogens is 610 g/mol. The Labute approximate surface area is 234 Å². The lowest BCUT2D eigenvalue weighted by Gasteiger charge is -2.22. The molecule has 5 rings (SSSR count). The molecule has 8 atom stereocenters. The van der Waals surface area contributed by atoms with E-state index in [9.17, 15) is 29.0 Å². The maximum atomic E-state index is 12.9. The number of aliphatic hydroxyl groups is 2. The van der Waals surface area contributed by atoms with Crippen LogP contribution in [-0.2, 0) is 32.2 Å². The molecule has 2 saturated heterocycles. The largest absolute Gasteiger partial charge is 0.472 e. The van der Waals surface area contributed by atoms with Crippen LogP contribution >= 0.6 is 15.6 Å². The number of nitrogen functional groups attached to an aromatic ring is 2. The first-order valence-electron chi connectivity index (χ1n) is 12.0. The zero-order valence-corrected chi connectivity index (χ0v) is 23.0. The topological polar surface area (TPSA) is 312 Å². The Balaban J connectivity index is 1.26. The Hall–Kier alpha value is -2.91. The Morgan fingerprint density at radius 3 is 2.45 bits per heavy atom. The predicted molar refractivity (Wildman–Crippen MR) is 136 cm³/mol. The number of aromatic nitrogens is 6. The Kier molecular flexibility index (Phi) is 8.47. The van der Waals surface area contributed by atoms with E-state index in [1.165, 1.54) is 29.5 Å². The molecule has 21 nitrogen and oxygen atoms in total. The minimum absolute atomic E-state index is 0.0704. The maximum absolute atomic E-state index is 12.9. The van der Waals surface area contributed by atoms with Gasteiger partial charge in [0.25, 0.3) is 0 Å². The van der Waals surface area contributed by atoms with Gasteiger partial charge in [-0.1, -0.05) is 0 Å². The van der Waals surface area contributed by atoms with Crippen LogP contribution in [0.1, 0.15) is 18.9 Å². The second-order valence-electron chi connectivity index (χ2n) is 9.23. The molecule has 0 radical (unpaired) electrons. The number of imidazole rings is 1. The third kappa shape index (κ3) is 6.52. The van der Waals surface area contributed by atoms with E-state index >= 15 is 0 Å². The molecule has 0 amide bonds. The second kappa shape index (κ2) is 11.6. The highest BCUT2D eigenvalue weighted by molar-refractivity contribution is 7.47. The van der Waals surface area contributed by atoms with E-state index in [0.29, 0.717) is 0 Å². The van der Waals surface area contributed by atoms with Gasteiger partial charge in [-0.15, -0.1) is 0 Å². The number of hydrogen-bond donors (Lipinski definition) is 7.